The lowest BCUT2D eigenvalue weighted by atomic mass is 9.98. The van der Waals surface area contributed by atoms with Crippen LogP contribution in [0.15, 0.2) is 5.38 Å². The normalized spacial score (nSPS) is 14.9. The molecule has 6 heteroatoms. The van der Waals surface area contributed by atoms with Gasteiger partial charge in [0, 0.05) is 29.8 Å². The Morgan fingerprint density at radius 2 is 2.05 bits per heavy atom. The van der Waals surface area contributed by atoms with Gasteiger partial charge in [-0.25, -0.2) is 15.0 Å². The Morgan fingerprint density at radius 1 is 1.24 bits per heavy atom. The van der Waals surface area contributed by atoms with Crippen LogP contribution in [0.1, 0.15) is 37.0 Å². The molecule has 0 fully saturated rings. The molecule has 1 aliphatic rings. The Kier molecular flexibility index (Phi) is 3.67. The van der Waals surface area contributed by atoms with Gasteiger partial charge in [-0.15, -0.1) is 11.3 Å². The van der Waals surface area contributed by atoms with E-state index < -0.39 is 0 Å². The molecule has 2 aromatic rings. The summed E-state index contributed by atoms with van der Waals surface area (Å²) in [6.07, 6.45) is 0.829. The van der Waals surface area contributed by atoms with Crippen molar-refractivity contribution in [3.05, 3.63) is 21.6 Å². The van der Waals surface area contributed by atoms with Crippen LogP contribution in [0.2, 0.25) is 0 Å². The Labute approximate surface area is 128 Å². The molecule has 21 heavy (non-hydrogen) atoms. The van der Waals surface area contributed by atoms with E-state index in [1.807, 2.05) is 12.4 Å². The number of nitrogens with one attached hydrogen (secondary N) is 1. The van der Waals surface area contributed by atoms with Crippen LogP contribution in [0.25, 0.3) is 11.5 Å². The SMILES string of the molecule is CNc1nc(-c2csc(C(C)(C)C)n2)nc2c1COCC2. The van der Waals surface area contributed by atoms with E-state index in [1.54, 1.807) is 11.3 Å². The molecule has 0 radical (unpaired) electrons. The van der Waals surface area contributed by atoms with E-state index in [4.69, 9.17) is 14.7 Å². The average Bonchev–Trinajstić information content (AvgIpc) is 2.96. The van der Waals surface area contributed by atoms with Crippen molar-refractivity contribution in [1.29, 1.82) is 0 Å². The van der Waals surface area contributed by atoms with Crippen LogP contribution in [-0.2, 0) is 23.2 Å². The van der Waals surface area contributed by atoms with Crippen molar-refractivity contribution in [2.45, 2.75) is 39.2 Å². The number of hydrogen-bond donors (Lipinski definition) is 1. The van der Waals surface area contributed by atoms with Gasteiger partial charge < -0.3 is 10.1 Å². The highest BCUT2D eigenvalue weighted by Crippen LogP contribution is 2.30. The zero-order valence-electron chi connectivity index (χ0n) is 12.9. The van der Waals surface area contributed by atoms with Crippen LogP contribution in [-0.4, -0.2) is 28.6 Å². The Hall–Kier alpha value is -1.53. The molecule has 1 N–H and O–H groups in total. The summed E-state index contributed by atoms with van der Waals surface area (Å²) in [4.78, 5) is 14.0. The first-order chi connectivity index (χ1) is 9.99. The standard InChI is InChI=1S/C15H20N4OS/c1-15(2,3)14-18-11(8-21-14)13-17-10-5-6-20-7-9(10)12(16-4)19-13/h8H,5-7H2,1-4H3,(H,16,17,19). The lowest BCUT2D eigenvalue weighted by Crippen LogP contribution is -2.16. The molecule has 0 aliphatic carbocycles. The predicted octanol–water partition coefficient (Wildman–Crippen LogP) is 3.01. The zero-order chi connectivity index (χ0) is 15.0. The summed E-state index contributed by atoms with van der Waals surface area (Å²) in [6, 6.07) is 0. The summed E-state index contributed by atoms with van der Waals surface area (Å²) in [5.41, 5.74) is 3.05. The number of fused-ring (bicyclic) bond motifs is 1. The van der Waals surface area contributed by atoms with Crippen molar-refractivity contribution < 1.29 is 4.74 Å². The molecule has 0 spiro atoms. The lowest BCUT2D eigenvalue weighted by Gasteiger charge is -2.19. The highest BCUT2D eigenvalue weighted by Gasteiger charge is 2.22. The molecule has 0 amide bonds. The van der Waals surface area contributed by atoms with E-state index in [9.17, 15) is 0 Å². The van der Waals surface area contributed by atoms with Gasteiger partial charge in [0.25, 0.3) is 0 Å². The van der Waals surface area contributed by atoms with Gasteiger partial charge >= 0.3 is 0 Å². The molecule has 0 unspecified atom stereocenters. The van der Waals surface area contributed by atoms with Crippen molar-refractivity contribution in [3.8, 4) is 11.5 Å². The first-order valence-electron chi connectivity index (χ1n) is 7.10. The van der Waals surface area contributed by atoms with E-state index in [-0.39, 0.29) is 5.41 Å². The lowest BCUT2D eigenvalue weighted by molar-refractivity contribution is 0.109. The van der Waals surface area contributed by atoms with Gasteiger partial charge in [0.05, 0.1) is 23.9 Å². The Balaban J connectivity index is 2.04. The minimum Gasteiger partial charge on any atom is -0.376 e. The summed E-state index contributed by atoms with van der Waals surface area (Å²) in [6.45, 7) is 7.80. The van der Waals surface area contributed by atoms with Crippen LogP contribution in [0.5, 0.6) is 0 Å². The Morgan fingerprint density at radius 3 is 2.71 bits per heavy atom. The van der Waals surface area contributed by atoms with E-state index in [2.05, 4.69) is 31.1 Å². The maximum Gasteiger partial charge on any atom is 0.181 e. The molecule has 0 aromatic carbocycles. The molecule has 1 aliphatic heterocycles. The monoisotopic (exact) mass is 304 g/mol. The van der Waals surface area contributed by atoms with Crippen molar-refractivity contribution in [3.63, 3.8) is 0 Å². The van der Waals surface area contributed by atoms with Gasteiger partial charge in [0.2, 0.25) is 0 Å². The van der Waals surface area contributed by atoms with Gasteiger partial charge in [-0.2, -0.15) is 0 Å². The number of anilines is 1. The fourth-order valence-corrected chi connectivity index (χ4v) is 3.16. The third kappa shape index (κ3) is 2.78. The first-order valence-corrected chi connectivity index (χ1v) is 7.98. The zero-order valence-corrected chi connectivity index (χ0v) is 13.7. The van der Waals surface area contributed by atoms with Gasteiger partial charge in [0.15, 0.2) is 5.82 Å². The van der Waals surface area contributed by atoms with E-state index in [0.29, 0.717) is 12.4 Å². The molecule has 3 heterocycles. The highest BCUT2D eigenvalue weighted by molar-refractivity contribution is 7.10. The van der Waals surface area contributed by atoms with E-state index >= 15 is 0 Å². The maximum atomic E-state index is 5.50. The number of rotatable bonds is 2. The van der Waals surface area contributed by atoms with Crippen molar-refractivity contribution in [1.82, 2.24) is 15.0 Å². The fraction of sp³-hybridized carbons (Fsp3) is 0.533. The summed E-state index contributed by atoms with van der Waals surface area (Å²) in [7, 11) is 1.88. The van der Waals surface area contributed by atoms with Crippen molar-refractivity contribution in [2.24, 2.45) is 0 Å². The molecule has 2 aromatic heterocycles. The number of nitrogens with zero attached hydrogens (tertiary/aromatic N) is 3. The third-order valence-corrected chi connectivity index (χ3v) is 4.70. The molecule has 0 atom stereocenters. The first kappa shape index (κ1) is 14.4. The second-order valence-electron chi connectivity index (χ2n) is 6.16. The number of aromatic nitrogens is 3. The minimum absolute atomic E-state index is 0.0524. The fourth-order valence-electron chi connectivity index (χ4n) is 2.27. The highest BCUT2D eigenvalue weighted by atomic mass is 32.1. The third-order valence-electron chi connectivity index (χ3n) is 3.43. The quantitative estimate of drug-likeness (QED) is 0.924. The van der Waals surface area contributed by atoms with Gasteiger partial charge in [0.1, 0.15) is 11.5 Å². The second kappa shape index (κ2) is 5.35. The molecule has 0 saturated carbocycles. The minimum atomic E-state index is 0.0524. The summed E-state index contributed by atoms with van der Waals surface area (Å²) in [5.74, 6) is 1.55. The smallest absolute Gasteiger partial charge is 0.181 e. The van der Waals surface area contributed by atoms with Crippen LogP contribution in [0.3, 0.4) is 0 Å². The summed E-state index contributed by atoms with van der Waals surface area (Å²) >= 11 is 1.67. The molecule has 3 rings (SSSR count). The topological polar surface area (TPSA) is 59.9 Å². The molecule has 112 valence electrons. The summed E-state index contributed by atoms with van der Waals surface area (Å²) < 4.78 is 5.50. The average molecular weight is 304 g/mol. The van der Waals surface area contributed by atoms with Crippen LogP contribution < -0.4 is 5.32 Å². The largest absolute Gasteiger partial charge is 0.376 e. The van der Waals surface area contributed by atoms with Crippen molar-refractivity contribution in [2.75, 3.05) is 19.0 Å². The van der Waals surface area contributed by atoms with E-state index in [0.717, 1.165) is 40.8 Å². The number of hydrogen-bond acceptors (Lipinski definition) is 6. The van der Waals surface area contributed by atoms with Crippen LogP contribution in [0.4, 0.5) is 5.82 Å². The molecular weight excluding hydrogens is 284 g/mol. The maximum absolute atomic E-state index is 5.50. The second-order valence-corrected chi connectivity index (χ2v) is 7.02. The molecule has 0 bridgehead atoms. The summed E-state index contributed by atoms with van der Waals surface area (Å²) in [5, 5.41) is 6.29. The molecule has 5 nitrogen and oxygen atoms in total. The number of ether oxygens (including phenoxy) is 1. The van der Waals surface area contributed by atoms with Crippen LogP contribution in [0, 0.1) is 0 Å². The molecule has 0 saturated heterocycles. The van der Waals surface area contributed by atoms with Crippen molar-refractivity contribution >= 4 is 17.2 Å². The number of thiazole rings is 1. The van der Waals surface area contributed by atoms with Crippen LogP contribution >= 0.6 is 11.3 Å². The van der Waals surface area contributed by atoms with E-state index in [1.165, 1.54) is 0 Å². The Bertz CT molecular complexity index is 643. The van der Waals surface area contributed by atoms with Gasteiger partial charge in [-0.1, -0.05) is 20.8 Å². The van der Waals surface area contributed by atoms with Gasteiger partial charge in [-0.3, -0.25) is 0 Å². The van der Waals surface area contributed by atoms with Gasteiger partial charge in [-0.05, 0) is 0 Å². The molecular formula is C15H20N4OS. The predicted molar refractivity (Wildman–Crippen MR) is 84.7 cm³/mol.